The molecule has 9 nitrogen and oxygen atoms in total. The second-order valence-electron chi connectivity index (χ2n) is 12.8. The van der Waals surface area contributed by atoms with E-state index in [1.807, 2.05) is 0 Å². The molecule has 0 aliphatic carbocycles. The first-order valence-electron chi connectivity index (χ1n) is 18.8. The monoisotopic (exact) mass is 704 g/mol. The molecule has 1 rings (SSSR count). The number of hydrogen-bond donors (Lipinski definition) is 1. The molecule has 0 aliphatic rings. The number of rotatable bonds is 36. The van der Waals surface area contributed by atoms with E-state index >= 15 is 0 Å². The lowest BCUT2D eigenvalue weighted by atomic mass is 10.0. The molecule has 1 heterocycles. The molecule has 276 valence electrons. The molecular weight excluding hydrogens is 637 g/mol. The smallest absolute Gasteiger partial charge is 0.316 e. The normalized spacial score (nSPS) is 13.1. The molecule has 1 aromatic rings. The second-order valence-corrected chi connectivity index (χ2v) is 16.0. The average molecular weight is 705 g/mol. The molecule has 2 atom stereocenters. The summed E-state index contributed by atoms with van der Waals surface area (Å²) in [6.45, 7) is 4.66. The topological polar surface area (TPSA) is 125 Å². The highest BCUT2D eigenvalue weighted by atomic mass is 32.2. The summed E-state index contributed by atoms with van der Waals surface area (Å²) in [5.74, 6) is 0.836. The first-order valence-corrected chi connectivity index (χ1v) is 21.9. The lowest BCUT2D eigenvalue weighted by Crippen LogP contribution is -2.31. The molecule has 0 radical (unpaired) electrons. The third kappa shape index (κ3) is 31.9. The molecule has 0 saturated heterocycles. The Bertz CT molecular complexity index is 939. The third-order valence-electron chi connectivity index (χ3n) is 8.23. The zero-order valence-corrected chi connectivity index (χ0v) is 31.3. The quantitative estimate of drug-likeness (QED) is 0.0539. The fraction of sp³-hybridized carbons (Fsp3) is 0.889. The Morgan fingerprint density at radius 2 is 1.11 bits per heavy atom. The fourth-order valence-corrected chi connectivity index (χ4v) is 7.30. The lowest BCUT2D eigenvalue weighted by molar-refractivity contribution is 0.0538. The molecule has 1 N–H and O–H groups in total. The third-order valence-corrected chi connectivity index (χ3v) is 10.5. The fourth-order valence-electron chi connectivity index (χ4n) is 5.46. The molecule has 47 heavy (non-hydrogen) atoms. The summed E-state index contributed by atoms with van der Waals surface area (Å²) in [6, 6.07) is 2.03. The van der Waals surface area contributed by atoms with Crippen LogP contribution in [0.2, 0.25) is 0 Å². The number of aromatic nitrogens is 2. The molecule has 0 saturated carbocycles. The Labute approximate surface area is 290 Å². The van der Waals surface area contributed by atoms with Crippen molar-refractivity contribution < 1.29 is 31.4 Å². The standard InChI is InChI=1S/C36H68N2O7S2/c1-2-3-4-5-6-7-8-9-10-11-12-13-14-15-16-21-30-44-33-35(45-36-37-26-25-27-38-36)34-46(39)31-23-19-22-29-43-28-20-17-18-24-32-47(40,41)42/h25-27,35H,2-24,28-34H2,1H3,(H,40,41,42). The van der Waals surface area contributed by atoms with Crippen molar-refractivity contribution in [1.82, 2.24) is 9.97 Å². The molecule has 0 bridgehead atoms. The van der Waals surface area contributed by atoms with Crippen LogP contribution in [0.1, 0.15) is 155 Å². The summed E-state index contributed by atoms with van der Waals surface area (Å²) in [4.78, 5) is 8.32. The van der Waals surface area contributed by atoms with Gasteiger partial charge < -0.3 is 14.2 Å². The molecule has 11 heteroatoms. The van der Waals surface area contributed by atoms with E-state index < -0.39 is 20.9 Å². The van der Waals surface area contributed by atoms with Gasteiger partial charge in [-0.25, -0.2) is 9.97 Å². The summed E-state index contributed by atoms with van der Waals surface area (Å²) in [5.41, 5.74) is 0. The first-order chi connectivity index (χ1) is 22.9. The van der Waals surface area contributed by atoms with Crippen LogP contribution in [-0.2, 0) is 30.4 Å². The second kappa shape index (κ2) is 32.1. The van der Waals surface area contributed by atoms with Crippen molar-refractivity contribution in [1.29, 1.82) is 0 Å². The number of unbranched alkanes of at least 4 members (excludes halogenated alkanes) is 20. The Morgan fingerprint density at radius 1 is 0.660 bits per heavy atom. The van der Waals surface area contributed by atoms with Gasteiger partial charge >= 0.3 is 6.01 Å². The molecule has 0 aliphatic heterocycles. The van der Waals surface area contributed by atoms with E-state index in [0.29, 0.717) is 44.4 Å². The van der Waals surface area contributed by atoms with Crippen molar-refractivity contribution >= 4 is 20.9 Å². The van der Waals surface area contributed by atoms with Gasteiger partial charge in [0.2, 0.25) is 0 Å². The van der Waals surface area contributed by atoms with E-state index in [1.165, 1.54) is 96.3 Å². The predicted octanol–water partition coefficient (Wildman–Crippen LogP) is 8.89. The van der Waals surface area contributed by atoms with Crippen molar-refractivity contribution in [2.75, 3.05) is 43.7 Å². The maximum absolute atomic E-state index is 12.8. The van der Waals surface area contributed by atoms with Gasteiger partial charge in [-0.15, -0.1) is 0 Å². The van der Waals surface area contributed by atoms with E-state index in [0.717, 1.165) is 44.9 Å². The van der Waals surface area contributed by atoms with Gasteiger partial charge in [0.05, 0.1) is 18.1 Å². The van der Waals surface area contributed by atoms with Crippen LogP contribution in [0.15, 0.2) is 18.5 Å². The molecule has 1 aromatic heterocycles. The average Bonchev–Trinajstić information content (AvgIpc) is 3.04. The van der Waals surface area contributed by atoms with Gasteiger partial charge in [-0.1, -0.05) is 122 Å². The highest BCUT2D eigenvalue weighted by molar-refractivity contribution is 7.85. The summed E-state index contributed by atoms with van der Waals surface area (Å²) >= 11 is 0. The van der Waals surface area contributed by atoms with Crippen molar-refractivity contribution in [3.63, 3.8) is 0 Å². The van der Waals surface area contributed by atoms with Gasteiger partial charge in [-0.05, 0) is 38.2 Å². The van der Waals surface area contributed by atoms with E-state index in [2.05, 4.69) is 16.9 Å². The number of nitrogens with zero attached hydrogens (tertiary/aromatic N) is 2. The Kier molecular flexibility index (Phi) is 30.0. The van der Waals surface area contributed by atoms with Crippen molar-refractivity contribution in [3.8, 4) is 6.01 Å². The van der Waals surface area contributed by atoms with E-state index in [1.54, 1.807) is 18.5 Å². The molecule has 0 aromatic carbocycles. The Hall–Kier alpha value is -1.14. The van der Waals surface area contributed by atoms with Crippen LogP contribution in [0, 0.1) is 0 Å². The number of ether oxygens (including phenoxy) is 3. The largest absolute Gasteiger partial charge is 0.457 e. The van der Waals surface area contributed by atoms with Crippen LogP contribution < -0.4 is 4.74 Å². The van der Waals surface area contributed by atoms with E-state index in [-0.39, 0.29) is 17.9 Å². The van der Waals surface area contributed by atoms with Gasteiger partial charge in [-0.2, -0.15) is 8.42 Å². The van der Waals surface area contributed by atoms with Crippen LogP contribution in [0.4, 0.5) is 0 Å². The van der Waals surface area contributed by atoms with E-state index in [4.69, 9.17) is 18.8 Å². The van der Waals surface area contributed by atoms with Gasteiger partial charge in [0, 0.05) is 48.8 Å². The zero-order valence-electron chi connectivity index (χ0n) is 29.6. The van der Waals surface area contributed by atoms with Crippen LogP contribution in [0.3, 0.4) is 0 Å². The maximum Gasteiger partial charge on any atom is 0.316 e. The van der Waals surface area contributed by atoms with Gasteiger partial charge in [0.15, 0.2) is 0 Å². The van der Waals surface area contributed by atoms with Crippen LogP contribution in [0.5, 0.6) is 6.01 Å². The highest BCUT2D eigenvalue weighted by Gasteiger charge is 2.16. The number of hydrogen-bond acceptors (Lipinski definition) is 8. The summed E-state index contributed by atoms with van der Waals surface area (Å²) in [7, 11) is -4.87. The maximum atomic E-state index is 12.8. The Balaban J connectivity index is 2.05. The van der Waals surface area contributed by atoms with Crippen LogP contribution >= 0.6 is 0 Å². The summed E-state index contributed by atoms with van der Waals surface area (Å²) < 4.78 is 60.5. The zero-order chi connectivity index (χ0) is 34.1. The van der Waals surface area contributed by atoms with Gasteiger partial charge in [0.1, 0.15) is 6.10 Å². The minimum absolute atomic E-state index is 0.172. The van der Waals surface area contributed by atoms with Gasteiger partial charge in [0.25, 0.3) is 10.1 Å². The Morgan fingerprint density at radius 3 is 1.62 bits per heavy atom. The predicted molar refractivity (Wildman–Crippen MR) is 194 cm³/mol. The van der Waals surface area contributed by atoms with Crippen LogP contribution in [0.25, 0.3) is 0 Å². The van der Waals surface area contributed by atoms with Gasteiger partial charge in [-0.3, -0.25) is 8.76 Å². The minimum atomic E-state index is -3.85. The minimum Gasteiger partial charge on any atom is -0.457 e. The molecular formula is C36H68N2O7S2. The lowest BCUT2D eigenvalue weighted by Gasteiger charge is -2.17. The molecule has 0 spiro atoms. The highest BCUT2D eigenvalue weighted by Crippen LogP contribution is 2.14. The summed E-state index contributed by atoms with van der Waals surface area (Å²) in [6.07, 6.45) is 30.2. The SMILES string of the molecule is CCCCCCCCCCCCCCCCCCOCC(CS(=O)CCCCCOCCCCCCS(=O)(=O)O)Oc1ncccn1. The van der Waals surface area contributed by atoms with Crippen LogP contribution in [-0.4, -0.2) is 76.9 Å². The molecule has 2 unspecified atom stereocenters. The van der Waals surface area contributed by atoms with Crippen molar-refractivity contribution in [2.45, 2.75) is 161 Å². The molecule has 0 fully saturated rings. The van der Waals surface area contributed by atoms with E-state index in [9.17, 15) is 12.6 Å². The van der Waals surface area contributed by atoms with Crippen molar-refractivity contribution in [2.24, 2.45) is 0 Å². The first kappa shape index (κ1) is 43.9. The summed E-state index contributed by atoms with van der Waals surface area (Å²) in [5, 5.41) is 0. The molecule has 0 amide bonds. The van der Waals surface area contributed by atoms with Crippen molar-refractivity contribution in [3.05, 3.63) is 18.5 Å².